The van der Waals surface area contributed by atoms with Gasteiger partial charge >= 0.3 is 0 Å². The number of benzene rings is 4. The van der Waals surface area contributed by atoms with E-state index in [0.717, 1.165) is 38.3 Å². The molecule has 3 amide bonds. The molecule has 5 nitrogen and oxygen atoms in total. The van der Waals surface area contributed by atoms with Crippen LogP contribution in [0, 0.1) is 31.5 Å². The van der Waals surface area contributed by atoms with Gasteiger partial charge in [0.05, 0.1) is 17.5 Å². The highest BCUT2D eigenvalue weighted by atomic mass is 19.1. The topological polar surface area (TPSA) is 66.5 Å². The van der Waals surface area contributed by atoms with Crippen LogP contribution in [0.5, 0.6) is 0 Å². The molecule has 3 aliphatic carbocycles. The van der Waals surface area contributed by atoms with Crippen LogP contribution in [0.25, 0.3) is 0 Å². The molecule has 1 N–H and O–H groups in total. The molecule has 8 rings (SSSR count). The predicted molar refractivity (Wildman–Crippen MR) is 146 cm³/mol. The van der Waals surface area contributed by atoms with Crippen LogP contribution in [-0.4, -0.2) is 17.7 Å². The van der Waals surface area contributed by atoms with Gasteiger partial charge in [0.2, 0.25) is 17.7 Å². The summed E-state index contributed by atoms with van der Waals surface area (Å²) in [5.74, 6) is -3.70. The van der Waals surface area contributed by atoms with Gasteiger partial charge in [-0.25, -0.2) is 9.29 Å². The lowest BCUT2D eigenvalue weighted by Crippen LogP contribution is -2.59. The first kappa shape index (κ1) is 23.5. The second-order valence-corrected chi connectivity index (χ2v) is 10.8. The molecule has 1 aliphatic heterocycles. The van der Waals surface area contributed by atoms with Crippen molar-refractivity contribution in [1.29, 1.82) is 0 Å². The van der Waals surface area contributed by atoms with E-state index in [4.69, 9.17) is 0 Å². The fourth-order valence-corrected chi connectivity index (χ4v) is 7.28. The van der Waals surface area contributed by atoms with Crippen molar-refractivity contribution >= 4 is 29.1 Å². The minimum atomic E-state index is -1.42. The smallest absolute Gasteiger partial charge is 0.240 e. The lowest BCUT2D eigenvalue weighted by atomic mass is 9.47. The zero-order chi connectivity index (χ0) is 27.1. The summed E-state index contributed by atoms with van der Waals surface area (Å²) in [6.07, 6.45) is 0. The first-order valence-corrected chi connectivity index (χ1v) is 13.0. The molecule has 6 heteroatoms. The number of hydrogen-bond donors (Lipinski definition) is 1. The number of carbonyl (C=O) groups excluding carboxylic acids is 3. The number of nitrogens with zero attached hydrogens (tertiary/aromatic N) is 1. The van der Waals surface area contributed by atoms with Crippen LogP contribution in [0.3, 0.4) is 0 Å². The Morgan fingerprint density at radius 1 is 0.795 bits per heavy atom. The van der Waals surface area contributed by atoms with Crippen molar-refractivity contribution in [3.8, 4) is 0 Å². The summed E-state index contributed by atoms with van der Waals surface area (Å²) < 4.78 is 13.7. The van der Waals surface area contributed by atoms with Crippen LogP contribution in [0.1, 0.15) is 39.3 Å². The molecule has 0 radical (unpaired) electrons. The highest BCUT2D eigenvalue weighted by molar-refractivity contribution is 6.26. The number of carbonyl (C=O) groups is 3. The van der Waals surface area contributed by atoms with Crippen LogP contribution in [-0.2, 0) is 19.8 Å². The van der Waals surface area contributed by atoms with Crippen molar-refractivity contribution in [1.82, 2.24) is 0 Å². The molecule has 2 atom stereocenters. The summed E-state index contributed by atoms with van der Waals surface area (Å²) in [5.41, 5.74) is 4.79. The maximum atomic E-state index is 14.7. The molecule has 4 aromatic rings. The number of rotatable bonds is 3. The lowest BCUT2D eigenvalue weighted by Gasteiger charge is -2.52. The fourth-order valence-electron chi connectivity index (χ4n) is 7.28. The number of nitrogens with one attached hydrogen (secondary N) is 1. The van der Waals surface area contributed by atoms with Crippen LogP contribution in [0.4, 0.5) is 15.8 Å². The molecule has 0 aromatic heterocycles. The standard InChI is InChI=1S/C33H25FN2O3/c1-18-15-19(2)17-21(16-18)35-32(39)33-25-9-5-3-7-23(25)27(24-8-4-6-10-26(24)33)28-29(33)31(38)36(30(28)37)22-13-11-20(34)12-14-22/h3-17,27-29H,1-2H3,(H,35,39)/t27?,28-,29-,33?/m1/s1. The zero-order valence-corrected chi connectivity index (χ0v) is 21.4. The Labute approximate surface area is 225 Å². The third kappa shape index (κ3) is 3.08. The largest absolute Gasteiger partial charge is 0.325 e. The van der Waals surface area contributed by atoms with Crippen LogP contribution < -0.4 is 10.2 Å². The molecule has 39 heavy (non-hydrogen) atoms. The average Bonchev–Trinajstić information content (AvgIpc) is 3.19. The van der Waals surface area contributed by atoms with E-state index < -0.39 is 29.0 Å². The van der Waals surface area contributed by atoms with Crippen molar-refractivity contribution in [3.05, 3.63) is 130 Å². The Kier molecular flexibility index (Phi) is 4.95. The van der Waals surface area contributed by atoms with Crippen molar-refractivity contribution in [3.63, 3.8) is 0 Å². The summed E-state index contributed by atoms with van der Waals surface area (Å²) in [4.78, 5) is 44.4. The first-order valence-electron chi connectivity index (χ1n) is 13.0. The number of halogens is 1. The van der Waals surface area contributed by atoms with E-state index in [1.165, 1.54) is 24.3 Å². The second kappa shape index (κ2) is 8.21. The van der Waals surface area contributed by atoms with E-state index in [1.54, 1.807) is 0 Å². The number of amides is 3. The van der Waals surface area contributed by atoms with Gasteiger partial charge in [-0.1, -0.05) is 54.6 Å². The van der Waals surface area contributed by atoms with Crippen molar-refractivity contribution in [2.24, 2.45) is 11.8 Å². The molecule has 0 unspecified atom stereocenters. The highest BCUT2D eigenvalue weighted by Crippen LogP contribution is 2.64. The number of hydrogen-bond acceptors (Lipinski definition) is 3. The molecule has 0 saturated carbocycles. The van der Waals surface area contributed by atoms with Crippen molar-refractivity contribution < 1.29 is 18.8 Å². The minimum Gasteiger partial charge on any atom is -0.325 e. The van der Waals surface area contributed by atoms with Gasteiger partial charge in [0.1, 0.15) is 11.2 Å². The zero-order valence-electron chi connectivity index (χ0n) is 21.4. The minimum absolute atomic E-state index is 0.304. The summed E-state index contributed by atoms with van der Waals surface area (Å²) in [6, 6.07) is 26.5. The lowest BCUT2D eigenvalue weighted by molar-refractivity contribution is -0.132. The molecule has 1 fully saturated rings. The Hall–Kier alpha value is -4.58. The van der Waals surface area contributed by atoms with E-state index in [0.29, 0.717) is 11.4 Å². The van der Waals surface area contributed by atoms with Gasteiger partial charge in [-0.05, 0) is 83.6 Å². The van der Waals surface area contributed by atoms with E-state index in [-0.39, 0.29) is 17.7 Å². The summed E-state index contributed by atoms with van der Waals surface area (Å²) in [5, 5.41) is 3.13. The number of anilines is 2. The van der Waals surface area contributed by atoms with Gasteiger partial charge in [-0.3, -0.25) is 14.4 Å². The quantitative estimate of drug-likeness (QED) is 0.359. The molecule has 0 spiro atoms. The maximum absolute atomic E-state index is 14.7. The first-order chi connectivity index (χ1) is 18.8. The molecule has 1 heterocycles. The monoisotopic (exact) mass is 516 g/mol. The maximum Gasteiger partial charge on any atom is 0.240 e. The summed E-state index contributed by atoms with van der Waals surface area (Å²) in [7, 11) is 0. The van der Waals surface area contributed by atoms with Gasteiger partial charge in [-0.15, -0.1) is 0 Å². The normalized spacial score (nSPS) is 24.3. The molecule has 2 bridgehead atoms. The van der Waals surface area contributed by atoms with Crippen molar-refractivity contribution in [2.45, 2.75) is 25.2 Å². The Morgan fingerprint density at radius 3 is 1.95 bits per heavy atom. The van der Waals surface area contributed by atoms with Gasteiger partial charge in [0, 0.05) is 11.6 Å². The van der Waals surface area contributed by atoms with E-state index in [2.05, 4.69) is 5.32 Å². The third-order valence-electron chi connectivity index (χ3n) is 8.54. The summed E-state index contributed by atoms with van der Waals surface area (Å²) >= 11 is 0. The van der Waals surface area contributed by atoms with Crippen molar-refractivity contribution in [2.75, 3.05) is 10.2 Å². The SMILES string of the molecule is Cc1cc(C)cc(NC(=O)C23c4ccccc4C(c4ccccc42)[C@H]2C(=O)N(c4ccc(F)cc4)C(=O)[C@@H]23)c1. The number of aryl methyl sites for hydroxylation is 2. The molecular weight excluding hydrogens is 491 g/mol. The molecule has 1 saturated heterocycles. The van der Waals surface area contributed by atoms with Gasteiger partial charge in [0.15, 0.2) is 0 Å². The van der Waals surface area contributed by atoms with Gasteiger partial charge < -0.3 is 5.32 Å². The fraction of sp³-hybridized carbons (Fsp3) is 0.182. The average molecular weight is 517 g/mol. The second-order valence-electron chi connectivity index (χ2n) is 10.8. The molecule has 192 valence electrons. The van der Waals surface area contributed by atoms with Gasteiger partial charge in [0.25, 0.3) is 0 Å². The third-order valence-corrected chi connectivity index (χ3v) is 8.54. The van der Waals surface area contributed by atoms with E-state index >= 15 is 0 Å². The predicted octanol–water partition coefficient (Wildman–Crippen LogP) is 5.63. The Balaban J connectivity index is 1.48. The molecule has 4 aromatic carbocycles. The molecule has 4 aliphatic rings. The Morgan fingerprint density at radius 2 is 1.36 bits per heavy atom. The Bertz CT molecular complexity index is 1640. The van der Waals surface area contributed by atoms with Crippen LogP contribution >= 0.6 is 0 Å². The molecular formula is C33H25FN2O3. The van der Waals surface area contributed by atoms with Crippen LogP contribution in [0.2, 0.25) is 0 Å². The van der Waals surface area contributed by atoms with Gasteiger partial charge in [-0.2, -0.15) is 0 Å². The summed E-state index contributed by atoms with van der Waals surface area (Å²) in [6.45, 7) is 3.93. The van der Waals surface area contributed by atoms with E-state index in [9.17, 15) is 18.8 Å². The number of imide groups is 1. The van der Waals surface area contributed by atoms with Crippen LogP contribution in [0.15, 0.2) is 91.0 Å². The van der Waals surface area contributed by atoms with E-state index in [1.807, 2.05) is 80.6 Å². The highest BCUT2D eigenvalue weighted by Gasteiger charge is 2.71.